The molecule has 0 spiro atoms. The first-order chi connectivity index (χ1) is 9.60. The van der Waals surface area contributed by atoms with Crippen LogP contribution in [0.1, 0.15) is 11.1 Å². The van der Waals surface area contributed by atoms with Crippen LogP contribution in [0.2, 0.25) is 0 Å². The SMILES string of the molecule is COc1ccc(Nc2ccccc2CC(=O)O)cc1C. The smallest absolute Gasteiger partial charge is 0.307 e. The third-order valence-corrected chi connectivity index (χ3v) is 3.03. The van der Waals surface area contributed by atoms with E-state index in [1.165, 1.54) is 0 Å². The predicted octanol–water partition coefficient (Wildman–Crippen LogP) is 3.37. The maximum Gasteiger partial charge on any atom is 0.307 e. The Morgan fingerprint density at radius 1 is 1.25 bits per heavy atom. The highest BCUT2D eigenvalue weighted by molar-refractivity contribution is 5.75. The van der Waals surface area contributed by atoms with E-state index in [4.69, 9.17) is 9.84 Å². The number of anilines is 2. The zero-order chi connectivity index (χ0) is 14.5. The van der Waals surface area contributed by atoms with E-state index in [0.29, 0.717) is 0 Å². The summed E-state index contributed by atoms with van der Waals surface area (Å²) in [6.45, 7) is 1.97. The average Bonchev–Trinajstić information content (AvgIpc) is 2.41. The molecule has 4 nitrogen and oxygen atoms in total. The third-order valence-electron chi connectivity index (χ3n) is 3.03. The first-order valence-electron chi connectivity index (χ1n) is 6.31. The Labute approximate surface area is 118 Å². The lowest BCUT2D eigenvalue weighted by molar-refractivity contribution is -0.136. The Kier molecular flexibility index (Phi) is 4.25. The van der Waals surface area contributed by atoms with Gasteiger partial charge in [-0.3, -0.25) is 4.79 Å². The second kappa shape index (κ2) is 6.10. The van der Waals surface area contributed by atoms with Crippen LogP contribution in [0.3, 0.4) is 0 Å². The van der Waals surface area contributed by atoms with Crippen LogP contribution in [-0.2, 0) is 11.2 Å². The normalized spacial score (nSPS) is 10.1. The summed E-state index contributed by atoms with van der Waals surface area (Å²) in [4.78, 5) is 10.9. The number of aliphatic carboxylic acids is 1. The number of carbonyl (C=O) groups is 1. The summed E-state index contributed by atoms with van der Waals surface area (Å²) in [6, 6.07) is 13.2. The number of hydrogen-bond acceptors (Lipinski definition) is 3. The molecule has 4 heteroatoms. The minimum Gasteiger partial charge on any atom is -0.496 e. The third kappa shape index (κ3) is 3.29. The molecular weight excluding hydrogens is 254 g/mol. The second-order valence-corrected chi connectivity index (χ2v) is 4.54. The first kappa shape index (κ1) is 13.9. The van der Waals surface area contributed by atoms with Crippen LogP contribution in [0.25, 0.3) is 0 Å². The monoisotopic (exact) mass is 271 g/mol. The van der Waals surface area contributed by atoms with Gasteiger partial charge < -0.3 is 15.2 Å². The summed E-state index contributed by atoms with van der Waals surface area (Å²) in [5.74, 6) is -0.0143. The van der Waals surface area contributed by atoms with E-state index >= 15 is 0 Å². The molecule has 104 valence electrons. The van der Waals surface area contributed by atoms with Gasteiger partial charge in [0.2, 0.25) is 0 Å². The van der Waals surface area contributed by atoms with Crippen molar-refractivity contribution < 1.29 is 14.6 Å². The highest BCUT2D eigenvalue weighted by atomic mass is 16.5. The summed E-state index contributed by atoms with van der Waals surface area (Å²) in [5.41, 5.74) is 3.49. The molecule has 2 rings (SSSR count). The van der Waals surface area contributed by atoms with Crippen LogP contribution < -0.4 is 10.1 Å². The number of methoxy groups -OCH3 is 1. The van der Waals surface area contributed by atoms with Gasteiger partial charge in [0.15, 0.2) is 0 Å². The summed E-state index contributed by atoms with van der Waals surface area (Å²) in [7, 11) is 1.64. The van der Waals surface area contributed by atoms with Gasteiger partial charge in [-0.1, -0.05) is 18.2 Å². The molecule has 0 amide bonds. The highest BCUT2D eigenvalue weighted by Gasteiger charge is 2.07. The van der Waals surface area contributed by atoms with Crippen molar-refractivity contribution in [3.63, 3.8) is 0 Å². The van der Waals surface area contributed by atoms with Crippen LogP contribution in [0.5, 0.6) is 5.75 Å². The fourth-order valence-electron chi connectivity index (χ4n) is 2.07. The molecule has 0 atom stereocenters. The van der Waals surface area contributed by atoms with E-state index in [1.807, 2.05) is 49.4 Å². The molecule has 0 bridgehead atoms. The van der Waals surface area contributed by atoms with Gasteiger partial charge in [0.1, 0.15) is 5.75 Å². The molecule has 0 aliphatic heterocycles. The molecule has 2 aromatic carbocycles. The Morgan fingerprint density at radius 3 is 2.65 bits per heavy atom. The van der Waals surface area contributed by atoms with Crippen LogP contribution in [0, 0.1) is 6.92 Å². The van der Waals surface area contributed by atoms with Crippen molar-refractivity contribution in [1.29, 1.82) is 0 Å². The average molecular weight is 271 g/mol. The summed E-state index contributed by atoms with van der Waals surface area (Å²) in [5, 5.41) is 12.2. The van der Waals surface area contributed by atoms with Crippen molar-refractivity contribution in [2.45, 2.75) is 13.3 Å². The molecule has 0 aromatic heterocycles. The molecule has 0 heterocycles. The van der Waals surface area contributed by atoms with Gasteiger partial charge in [-0.25, -0.2) is 0 Å². The van der Waals surface area contributed by atoms with E-state index in [1.54, 1.807) is 7.11 Å². The van der Waals surface area contributed by atoms with Gasteiger partial charge in [-0.2, -0.15) is 0 Å². The van der Waals surface area contributed by atoms with Gasteiger partial charge in [0.05, 0.1) is 13.5 Å². The van der Waals surface area contributed by atoms with Crippen LogP contribution >= 0.6 is 0 Å². The maximum absolute atomic E-state index is 10.9. The number of carboxylic acids is 1. The van der Waals surface area contributed by atoms with Crippen molar-refractivity contribution >= 4 is 17.3 Å². The van der Waals surface area contributed by atoms with Crippen LogP contribution in [-0.4, -0.2) is 18.2 Å². The Balaban J connectivity index is 2.25. The highest BCUT2D eigenvalue weighted by Crippen LogP contribution is 2.26. The molecule has 2 N–H and O–H groups in total. The van der Waals surface area contributed by atoms with Crippen LogP contribution in [0.15, 0.2) is 42.5 Å². The minimum atomic E-state index is -0.842. The Morgan fingerprint density at radius 2 is 2.00 bits per heavy atom. The van der Waals surface area contributed by atoms with Gasteiger partial charge in [-0.15, -0.1) is 0 Å². The van der Waals surface area contributed by atoms with E-state index in [0.717, 1.165) is 28.3 Å². The number of aryl methyl sites for hydroxylation is 1. The molecule has 0 aliphatic rings. The first-order valence-corrected chi connectivity index (χ1v) is 6.31. The maximum atomic E-state index is 10.9. The van der Waals surface area contributed by atoms with E-state index in [-0.39, 0.29) is 6.42 Å². The van der Waals surface area contributed by atoms with Gasteiger partial charge in [0.25, 0.3) is 0 Å². The molecule has 0 radical (unpaired) electrons. The standard InChI is InChI=1S/C16H17NO3/c1-11-9-13(7-8-15(11)20-2)17-14-6-4-3-5-12(14)10-16(18)19/h3-9,17H,10H2,1-2H3,(H,18,19). The van der Waals surface area contributed by atoms with Crippen molar-refractivity contribution in [2.24, 2.45) is 0 Å². The lowest BCUT2D eigenvalue weighted by Gasteiger charge is -2.12. The number of ether oxygens (including phenoxy) is 1. The number of para-hydroxylation sites is 1. The molecule has 2 aromatic rings. The lowest BCUT2D eigenvalue weighted by Crippen LogP contribution is -2.03. The minimum absolute atomic E-state index is 0.00168. The number of carboxylic acid groups (broad SMARTS) is 1. The molecule has 0 unspecified atom stereocenters. The van der Waals surface area contributed by atoms with Gasteiger partial charge in [0, 0.05) is 11.4 Å². The molecular formula is C16H17NO3. The van der Waals surface area contributed by atoms with Crippen molar-refractivity contribution in [3.05, 3.63) is 53.6 Å². The number of nitrogens with one attached hydrogen (secondary N) is 1. The van der Waals surface area contributed by atoms with Crippen molar-refractivity contribution in [2.75, 3.05) is 12.4 Å². The summed E-state index contributed by atoms with van der Waals surface area (Å²) < 4.78 is 5.22. The fraction of sp³-hybridized carbons (Fsp3) is 0.188. The van der Waals surface area contributed by atoms with Gasteiger partial charge in [-0.05, 0) is 42.3 Å². The van der Waals surface area contributed by atoms with Crippen LogP contribution in [0.4, 0.5) is 11.4 Å². The molecule has 0 saturated carbocycles. The zero-order valence-corrected chi connectivity index (χ0v) is 11.5. The lowest BCUT2D eigenvalue weighted by atomic mass is 10.1. The quantitative estimate of drug-likeness (QED) is 0.875. The molecule has 0 aliphatic carbocycles. The number of hydrogen-bond donors (Lipinski definition) is 2. The number of benzene rings is 2. The Bertz CT molecular complexity index is 623. The van der Waals surface area contributed by atoms with Gasteiger partial charge >= 0.3 is 5.97 Å². The fourth-order valence-corrected chi connectivity index (χ4v) is 2.07. The predicted molar refractivity (Wildman–Crippen MR) is 78.8 cm³/mol. The Hall–Kier alpha value is -2.49. The van der Waals surface area contributed by atoms with Crippen molar-refractivity contribution in [1.82, 2.24) is 0 Å². The molecule has 0 saturated heterocycles. The largest absolute Gasteiger partial charge is 0.496 e. The topological polar surface area (TPSA) is 58.6 Å². The van der Waals surface area contributed by atoms with E-state index in [2.05, 4.69) is 5.32 Å². The summed E-state index contributed by atoms with van der Waals surface area (Å²) in [6.07, 6.45) is -0.00168. The molecule has 0 fully saturated rings. The summed E-state index contributed by atoms with van der Waals surface area (Å²) >= 11 is 0. The number of rotatable bonds is 5. The van der Waals surface area contributed by atoms with E-state index < -0.39 is 5.97 Å². The molecule has 20 heavy (non-hydrogen) atoms. The van der Waals surface area contributed by atoms with Crippen molar-refractivity contribution in [3.8, 4) is 5.75 Å². The van der Waals surface area contributed by atoms with E-state index in [9.17, 15) is 4.79 Å². The zero-order valence-electron chi connectivity index (χ0n) is 11.5. The second-order valence-electron chi connectivity index (χ2n) is 4.54.